The first kappa shape index (κ1) is 12.7. The maximum Gasteiger partial charge on any atom is 0.227 e. The highest BCUT2D eigenvalue weighted by atomic mass is 32.2. The Bertz CT molecular complexity index is 259. The van der Waals surface area contributed by atoms with Crippen LogP contribution in [-0.2, 0) is 17.9 Å². The van der Waals surface area contributed by atoms with E-state index in [1.165, 1.54) is 37.2 Å². The fourth-order valence-electron chi connectivity index (χ4n) is 1.69. The lowest BCUT2D eigenvalue weighted by atomic mass is 10.4. The van der Waals surface area contributed by atoms with E-state index in [0.29, 0.717) is 10.9 Å². The lowest BCUT2D eigenvalue weighted by Crippen LogP contribution is -2.15. The van der Waals surface area contributed by atoms with E-state index in [9.17, 15) is 0 Å². The van der Waals surface area contributed by atoms with Crippen molar-refractivity contribution in [3.8, 4) is 0 Å². The highest BCUT2D eigenvalue weighted by Crippen LogP contribution is 2.17. The zero-order chi connectivity index (χ0) is 11.1. The molecule has 0 bridgehead atoms. The quantitative estimate of drug-likeness (QED) is 0.626. The Balaban J connectivity index is 2.58. The number of rotatable bonds is 7. The third-order valence-corrected chi connectivity index (χ3v) is 5.26. The Kier molecular flexibility index (Phi) is 5.92. The highest BCUT2D eigenvalue weighted by molar-refractivity contribution is 7.96. The summed E-state index contributed by atoms with van der Waals surface area (Å²) in [6.45, 7) is 4.57. The molecule has 0 amide bonds. The van der Waals surface area contributed by atoms with Crippen molar-refractivity contribution in [2.24, 2.45) is 7.05 Å². The fourth-order valence-corrected chi connectivity index (χ4v) is 4.33. The minimum atomic E-state index is 0.495. The molecule has 86 valence electrons. The van der Waals surface area contributed by atoms with Crippen molar-refractivity contribution >= 4 is 10.9 Å². The minimum Gasteiger partial charge on any atom is -0.312 e. The lowest BCUT2D eigenvalue weighted by molar-refractivity contribution is 0.809. The van der Waals surface area contributed by atoms with Crippen LogP contribution in [0.3, 0.4) is 0 Å². The van der Waals surface area contributed by atoms with Crippen LogP contribution in [0, 0.1) is 0 Å². The molecule has 2 heteroatoms. The Labute approximate surface area is 97.2 Å². The van der Waals surface area contributed by atoms with Gasteiger partial charge in [-0.3, -0.25) is 0 Å². The van der Waals surface area contributed by atoms with Gasteiger partial charge < -0.3 is 4.57 Å². The summed E-state index contributed by atoms with van der Waals surface area (Å²) in [5.74, 6) is 2.77. The predicted octanol–water partition coefficient (Wildman–Crippen LogP) is 3.60. The Morgan fingerprint density at radius 2 is 1.73 bits per heavy atom. The molecule has 1 rings (SSSR count). The molecular weight excluding hydrogens is 202 g/mol. The normalized spacial score (nSPS) is 11.2. The standard InChI is InChI=1S/C13H24NS/c1-4-6-11-15(12-7-5-2)13-9-8-10-14(13)3/h8-10H,4-7,11-12H2,1-3H3/q+1. The summed E-state index contributed by atoms with van der Waals surface area (Å²) < 4.78 is 2.30. The van der Waals surface area contributed by atoms with E-state index in [1.54, 1.807) is 5.03 Å². The molecule has 0 saturated heterocycles. The molecule has 1 aromatic heterocycles. The molecule has 0 spiro atoms. The summed E-state index contributed by atoms with van der Waals surface area (Å²) >= 11 is 0. The number of unbranched alkanes of at least 4 members (excludes halogenated alkanes) is 2. The van der Waals surface area contributed by atoms with Crippen LogP contribution in [0.4, 0.5) is 0 Å². The van der Waals surface area contributed by atoms with E-state index >= 15 is 0 Å². The first-order valence-corrected chi connectivity index (χ1v) is 7.64. The average Bonchev–Trinajstić information content (AvgIpc) is 2.65. The van der Waals surface area contributed by atoms with Crippen LogP contribution in [0.1, 0.15) is 39.5 Å². The van der Waals surface area contributed by atoms with Gasteiger partial charge in [0.2, 0.25) is 5.03 Å². The summed E-state index contributed by atoms with van der Waals surface area (Å²) in [6.07, 6.45) is 7.56. The number of nitrogens with zero attached hydrogens (tertiary/aromatic N) is 1. The van der Waals surface area contributed by atoms with Crippen LogP contribution in [0.5, 0.6) is 0 Å². The Morgan fingerprint density at radius 1 is 1.13 bits per heavy atom. The molecule has 0 unspecified atom stereocenters. The van der Waals surface area contributed by atoms with Gasteiger partial charge in [0.25, 0.3) is 0 Å². The molecule has 0 fully saturated rings. The van der Waals surface area contributed by atoms with Gasteiger partial charge in [-0.1, -0.05) is 26.7 Å². The molecule has 1 nitrogen and oxygen atoms in total. The Morgan fingerprint density at radius 3 is 2.13 bits per heavy atom. The van der Waals surface area contributed by atoms with Gasteiger partial charge in [0.1, 0.15) is 11.5 Å². The zero-order valence-electron chi connectivity index (χ0n) is 10.3. The van der Waals surface area contributed by atoms with Crippen LogP contribution < -0.4 is 0 Å². The van der Waals surface area contributed by atoms with E-state index in [2.05, 4.69) is 43.8 Å². The number of aryl methyl sites for hydroxylation is 1. The van der Waals surface area contributed by atoms with Crippen LogP contribution in [-0.4, -0.2) is 16.1 Å². The second-order valence-corrected chi connectivity index (χ2v) is 6.29. The third kappa shape index (κ3) is 3.94. The van der Waals surface area contributed by atoms with Gasteiger partial charge in [0.05, 0.1) is 0 Å². The van der Waals surface area contributed by atoms with Crippen LogP contribution in [0.2, 0.25) is 0 Å². The fraction of sp³-hybridized carbons (Fsp3) is 0.692. The first-order chi connectivity index (χ1) is 7.29. The summed E-state index contributed by atoms with van der Waals surface area (Å²) in [6, 6.07) is 4.47. The van der Waals surface area contributed by atoms with Gasteiger partial charge >= 0.3 is 0 Å². The van der Waals surface area contributed by atoms with Gasteiger partial charge in [-0.2, -0.15) is 0 Å². The highest BCUT2D eigenvalue weighted by Gasteiger charge is 2.22. The molecule has 15 heavy (non-hydrogen) atoms. The van der Waals surface area contributed by atoms with E-state index in [-0.39, 0.29) is 0 Å². The monoisotopic (exact) mass is 226 g/mol. The average molecular weight is 226 g/mol. The van der Waals surface area contributed by atoms with Crippen LogP contribution >= 0.6 is 0 Å². The number of aromatic nitrogens is 1. The molecule has 0 aromatic carbocycles. The molecule has 0 aliphatic rings. The molecule has 1 heterocycles. The molecule has 0 saturated carbocycles. The molecule has 0 aliphatic carbocycles. The van der Waals surface area contributed by atoms with E-state index in [1.807, 2.05) is 0 Å². The summed E-state index contributed by atoms with van der Waals surface area (Å²) in [5, 5.41) is 1.55. The van der Waals surface area contributed by atoms with Crippen molar-refractivity contribution in [2.45, 2.75) is 44.6 Å². The molecule has 0 radical (unpaired) electrons. The van der Waals surface area contributed by atoms with E-state index in [4.69, 9.17) is 0 Å². The third-order valence-electron chi connectivity index (χ3n) is 2.68. The van der Waals surface area contributed by atoms with Gasteiger partial charge in [-0.25, -0.2) is 0 Å². The minimum absolute atomic E-state index is 0.495. The summed E-state index contributed by atoms with van der Waals surface area (Å²) in [7, 11) is 2.67. The number of hydrogen-bond donors (Lipinski definition) is 0. The topological polar surface area (TPSA) is 4.93 Å². The lowest BCUT2D eigenvalue weighted by Gasteiger charge is -2.08. The summed E-state index contributed by atoms with van der Waals surface area (Å²) in [5.41, 5.74) is 0. The number of hydrogen-bond acceptors (Lipinski definition) is 0. The van der Waals surface area contributed by atoms with E-state index < -0.39 is 0 Å². The molecular formula is C13H24NS+. The molecule has 0 aliphatic heterocycles. The SMILES string of the molecule is CCCC[S+](CCCC)c1cccn1C. The van der Waals surface area contributed by atoms with Gasteiger partial charge in [-0.05, 0) is 18.9 Å². The smallest absolute Gasteiger partial charge is 0.227 e. The van der Waals surface area contributed by atoms with Gasteiger partial charge in [-0.15, -0.1) is 0 Å². The molecule has 0 N–H and O–H groups in total. The van der Waals surface area contributed by atoms with Crippen molar-refractivity contribution < 1.29 is 0 Å². The van der Waals surface area contributed by atoms with E-state index in [0.717, 1.165) is 0 Å². The van der Waals surface area contributed by atoms with Gasteiger partial charge in [0.15, 0.2) is 0 Å². The van der Waals surface area contributed by atoms with Crippen molar-refractivity contribution in [3.63, 3.8) is 0 Å². The van der Waals surface area contributed by atoms with Crippen LogP contribution in [0.25, 0.3) is 0 Å². The van der Waals surface area contributed by atoms with Crippen molar-refractivity contribution in [2.75, 3.05) is 11.5 Å². The second kappa shape index (κ2) is 7.00. The summed E-state index contributed by atoms with van der Waals surface area (Å²) in [4.78, 5) is 0. The first-order valence-electron chi connectivity index (χ1n) is 6.08. The second-order valence-electron chi connectivity index (χ2n) is 4.07. The van der Waals surface area contributed by atoms with Gasteiger partial charge in [0, 0.05) is 30.2 Å². The zero-order valence-corrected chi connectivity index (χ0v) is 11.1. The maximum absolute atomic E-state index is 2.30. The van der Waals surface area contributed by atoms with Crippen LogP contribution in [0.15, 0.2) is 23.4 Å². The van der Waals surface area contributed by atoms with Crippen molar-refractivity contribution in [1.82, 2.24) is 4.57 Å². The van der Waals surface area contributed by atoms with Crippen molar-refractivity contribution in [3.05, 3.63) is 18.3 Å². The Hall–Kier alpha value is -0.370. The molecule has 0 atom stereocenters. The predicted molar refractivity (Wildman–Crippen MR) is 70.6 cm³/mol. The van der Waals surface area contributed by atoms with Crippen molar-refractivity contribution in [1.29, 1.82) is 0 Å². The molecule has 1 aromatic rings. The largest absolute Gasteiger partial charge is 0.312 e. The maximum atomic E-state index is 2.30.